The van der Waals surface area contributed by atoms with Crippen molar-refractivity contribution in [3.8, 4) is 5.75 Å². The Morgan fingerprint density at radius 3 is 2.45 bits per heavy atom. The molecule has 3 rings (SSSR count). The molecule has 168 valence electrons. The second-order valence-electron chi connectivity index (χ2n) is 7.80. The Morgan fingerprint density at radius 1 is 1.13 bits per heavy atom. The standard InChI is InChI=1S/C23H28FN3O2S.ClH/c1-16(2)17-9-11-18(12-10-17)29-15-21(28)27(14-6-13-26(3)4)23-25-22-19(24)7-5-8-20(22)30-23;/h5,7-12,16H,6,13-15H2,1-4H3;1H. The molecule has 0 bridgehead atoms. The molecule has 0 radical (unpaired) electrons. The van der Waals surface area contributed by atoms with Crippen LogP contribution in [0.4, 0.5) is 9.52 Å². The van der Waals surface area contributed by atoms with E-state index in [0.717, 1.165) is 17.7 Å². The number of thiazole rings is 1. The molecule has 0 aliphatic rings. The number of hydrogen-bond acceptors (Lipinski definition) is 5. The fourth-order valence-corrected chi connectivity index (χ4v) is 4.09. The molecule has 0 saturated carbocycles. The number of carbonyl (C=O) groups is 1. The zero-order valence-electron chi connectivity index (χ0n) is 18.3. The van der Waals surface area contributed by atoms with E-state index in [0.29, 0.717) is 28.9 Å². The van der Waals surface area contributed by atoms with Crippen molar-refractivity contribution in [3.63, 3.8) is 0 Å². The number of para-hydroxylation sites is 1. The Balaban J connectivity index is 0.00000341. The summed E-state index contributed by atoms with van der Waals surface area (Å²) in [4.78, 5) is 21.1. The predicted molar refractivity (Wildman–Crippen MR) is 128 cm³/mol. The van der Waals surface area contributed by atoms with Gasteiger partial charge in [-0.15, -0.1) is 12.4 Å². The van der Waals surface area contributed by atoms with Gasteiger partial charge in [-0.05, 0) is 62.8 Å². The van der Waals surface area contributed by atoms with Gasteiger partial charge >= 0.3 is 0 Å². The second-order valence-corrected chi connectivity index (χ2v) is 8.81. The molecule has 3 aromatic rings. The number of halogens is 2. The van der Waals surface area contributed by atoms with Gasteiger partial charge in [-0.25, -0.2) is 9.37 Å². The zero-order chi connectivity index (χ0) is 21.7. The minimum atomic E-state index is -0.378. The number of amides is 1. The van der Waals surface area contributed by atoms with Gasteiger partial charge in [-0.1, -0.05) is 43.4 Å². The van der Waals surface area contributed by atoms with Crippen molar-refractivity contribution in [2.24, 2.45) is 0 Å². The van der Waals surface area contributed by atoms with Gasteiger partial charge in [0.15, 0.2) is 11.7 Å². The van der Waals surface area contributed by atoms with E-state index in [9.17, 15) is 9.18 Å². The Bertz CT molecular complexity index is 992. The summed E-state index contributed by atoms with van der Waals surface area (Å²) in [6, 6.07) is 12.6. The number of anilines is 1. The lowest BCUT2D eigenvalue weighted by Crippen LogP contribution is -2.36. The molecule has 0 unspecified atom stereocenters. The fraction of sp³-hybridized carbons (Fsp3) is 0.391. The monoisotopic (exact) mass is 465 g/mol. The lowest BCUT2D eigenvalue weighted by Gasteiger charge is -2.21. The molecule has 8 heteroatoms. The van der Waals surface area contributed by atoms with Gasteiger partial charge in [0.25, 0.3) is 5.91 Å². The van der Waals surface area contributed by atoms with Crippen LogP contribution in [0.25, 0.3) is 10.2 Å². The highest BCUT2D eigenvalue weighted by Gasteiger charge is 2.21. The number of carbonyl (C=O) groups excluding carboxylic acids is 1. The van der Waals surface area contributed by atoms with E-state index in [4.69, 9.17) is 4.74 Å². The maximum atomic E-state index is 14.1. The first kappa shape index (κ1) is 25.0. The van der Waals surface area contributed by atoms with E-state index in [1.807, 2.05) is 44.4 Å². The number of fused-ring (bicyclic) bond motifs is 1. The summed E-state index contributed by atoms with van der Waals surface area (Å²) in [6.45, 7) is 5.49. The normalized spacial score (nSPS) is 11.1. The highest BCUT2D eigenvalue weighted by Crippen LogP contribution is 2.30. The molecule has 0 atom stereocenters. The lowest BCUT2D eigenvalue weighted by molar-refractivity contribution is -0.120. The Hall–Kier alpha value is -2.22. The van der Waals surface area contributed by atoms with Crippen LogP contribution in [-0.4, -0.2) is 49.6 Å². The first-order valence-corrected chi connectivity index (χ1v) is 10.9. The Labute approximate surface area is 193 Å². The summed E-state index contributed by atoms with van der Waals surface area (Å²) in [7, 11) is 3.98. The lowest BCUT2D eigenvalue weighted by atomic mass is 10.0. The van der Waals surface area contributed by atoms with Crippen molar-refractivity contribution < 1.29 is 13.9 Å². The van der Waals surface area contributed by atoms with Crippen LogP contribution in [0.1, 0.15) is 31.7 Å². The largest absolute Gasteiger partial charge is 0.484 e. The molecule has 1 aromatic heterocycles. The molecule has 2 aromatic carbocycles. The van der Waals surface area contributed by atoms with Gasteiger partial charge in [0.1, 0.15) is 17.1 Å². The van der Waals surface area contributed by atoms with Gasteiger partial charge in [0, 0.05) is 6.54 Å². The number of rotatable bonds is 9. The molecule has 31 heavy (non-hydrogen) atoms. The van der Waals surface area contributed by atoms with E-state index in [2.05, 4.69) is 23.7 Å². The van der Waals surface area contributed by atoms with E-state index in [1.54, 1.807) is 11.0 Å². The SMILES string of the molecule is CC(C)c1ccc(OCC(=O)N(CCCN(C)C)c2nc3c(F)cccc3s2)cc1.Cl. The third kappa shape index (κ3) is 6.63. The van der Waals surface area contributed by atoms with E-state index in [-0.39, 0.29) is 30.7 Å². The van der Waals surface area contributed by atoms with Crippen molar-refractivity contribution in [1.29, 1.82) is 0 Å². The van der Waals surface area contributed by atoms with Crippen LogP contribution in [-0.2, 0) is 4.79 Å². The minimum Gasteiger partial charge on any atom is -0.484 e. The summed E-state index contributed by atoms with van der Waals surface area (Å²) < 4.78 is 20.5. The Kier molecular flexibility index (Phi) is 9.22. The first-order chi connectivity index (χ1) is 14.3. The zero-order valence-corrected chi connectivity index (χ0v) is 19.9. The summed E-state index contributed by atoms with van der Waals surface area (Å²) in [5.41, 5.74) is 1.52. The average molecular weight is 466 g/mol. The highest BCUT2D eigenvalue weighted by atomic mass is 35.5. The summed E-state index contributed by atoms with van der Waals surface area (Å²) in [6.07, 6.45) is 0.778. The maximum absolute atomic E-state index is 14.1. The van der Waals surface area contributed by atoms with Crippen LogP contribution in [0, 0.1) is 5.82 Å². The van der Waals surface area contributed by atoms with E-state index < -0.39 is 0 Å². The number of aromatic nitrogens is 1. The second kappa shape index (κ2) is 11.4. The van der Waals surface area contributed by atoms with Crippen LogP contribution >= 0.6 is 23.7 Å². The van der Waals surface area contributed by atoms with Crippen LogP contribution in [0.15, 0.2) is 42.5 Å². The van der Waals surface area contributed by atoms with Crippen molar-refractivity contribution in [2.75, 3.05) is 38.7 Å². The molecule has 1 amide bonds. The number of ether oxygens (including phenoxy) is 1. The minimum absolute atomic E-state index is 0. The Morgan fingerprint density at radius 2 is 1.84 bits per heavy atom. The third-order valence-electron chi connectivity index (χ3n) is 4.79. The summed E-state index contributed by atoms with van der Waals surface area (Å²) >= 11 is 1.32. The highest BCUT2D eigenvalue weighted by molar-refractivity contribution is 7.22. The van der Waals surface area contributed by atoms with E-state index in [1.165, 1.54) is 23.0 Å². The van der Waals surface area contributed by atoms with Gasteiger partial charge in [0.05, 0.1) is 4.70 Å². The quantitative estimate of drug-likeness (QED) is 0.427. The van der Waals surface area contributed by atoms with Crippen LogP contribution in [0.3, 0.4) is 0 Å². The summed E-state index contributed by atoms with van der Waals surface area (Å²) in [5, 5.41) is 0.498. The number of hydrogen-bond donors (Lipinski definition) is 0. The smallest absolute Gasteiger partial charge is 0.266 e. The van der Waals surface area contributed by atoms with Gasteiger partial charge in [-0.2, -0.15) is 0 Å². The molecule has 0 aliphatic carbocycles. The molecular formula is C23H29ClFN3O2S. The third-order valence-corrected chi connectivity index (χ3v) is 5.83. The predicted octanol–water partition coefficient (Wildman–Crippen LogP) is 5.34. The average Bonchev–Trinajstić information content (AvgIpc) is 3.15. The molecule has 1 heterocycles. The number of benzene rings is 2. The molecule has 0 fully saturated rings. The van der Waals surface area contributed by atoms with Crippen molar-refractivity contribution in [3.05, 3.63) is 53.8 Å². The first-order valence-electron chi connectivity index (χ1n) is 10.1. The van der Waals surface area contributed by atoms with Gasteiger partial charge < -0.3 is 9.64 Å². The van der Waals surface area contributed by atoms with Crippen molar-refractivity contribution in [2.45, 2.75) is 26.2 Å². The van der Waals surface area contributed by atoms with E-state index >= 15 is 0 Å². The van der Waals surface area contributed by atoms with Crippen LogP contribution in [0.5, 0.6) is 5.75 Å². The molecule has 0 N–H and O–H groups in total. The number of nitrogens with zero attached hydrogens (tertiary/aromatic N) is 3. The van der Waals surface area contributed by atoms with Crippen molar-refractivity contribution in [1.82, 2.24) is 9.88 Å². The fourth-order valence-electron chi connectivity index (χ4n) is 3.06. The molecule has 5 nitrogen and oxygen atoms in total. The van der Waals surface area contributed by atoms with Gasteiger partial charge in [0.2, 0.25) is 0 Å². The molecular weight excluding hydrogens is 437 g/mol. The molecule has 0 saturated heterocycles. The topological polar surface area (TPSA) is 45.7 Å². The van der Waals surface area contributed by atoms with Crippen molar-refractivity contribution >= 4 is 45.0 Å². The van der Waals surface area contributed by atoms with Crippen LogP contribution in [0.2, 0.25) is 0 Å². The molecule has 0 spiro atoms. The van der Waals surface area contributed by atoms with Crippen LogP contribution < -0.4 is 9.64 Å². The van der Waals surface area contributed by atoms with Gasteiger partial charge in [-0.3, -0.25) is 9.69 Å². The molecule has 0 aliphatic heterocycles. The maximum Gasteiger partial charge on any atom is 0.266 e. The summed E-state index contributed by atoms with van der Waals surface area (Å²) in [5.74, 6) is 0.516.